The minimum atomic E-state index is 0.629. The predicted molar refractivity (Wildman–Crippen MR) is 107 cm³/mol. The van der Waals surface area contributed by atoms with Gasteiger partial charge in [0.2, 0.25) is 0 Å². The third-order valence-electron chi connectivity index (χ3n) is 5.28. The summed E-state index contributed by atoms with van der Waals surface area (Å²) in [4.78, 5) is 4.94. The highest BCUT2D eigenvalue weighted by molar-refractivity contribution is 7.71. The molecular weight excluding hydrogens is 340 g/mol. The fourth-order valence-corrected chi connectivity index (χ4v) is 3.96. The summed E-state index contributed by atoms with van der Waals surface area (Å²) in [5.41, 5.74) is 5.49. The Morgan fingerprint density at radius 2 is 1.65 bits per heavy atom. The number of piperazine rings is 1. The van der Waals surface area contributed by atoms with Crippen LogP contribution in [0.3, 0.4) is 0 Å². The first-order valence-corrected chi connectivity index (χ1v) is 9.51. The molecule has 2 aromatic rings. The van der Waals surface area contributed by atoms with E-state index >= 15 is 0 Å². The number of hydrogen-bond donors (Lipinski definition) is 0. The zero-order valence-corrected chi connectivity index (χ0v) is 16.6. The van der Waals surface area contributed by atoms with E-state index < -0.39 is 0 Å². The summed E-state index contributed by atoms with van der Waals surface area (Å²) >= 11 is 5.56. The third kappa shape index (κ3) is 4.04. The minimum absolute atomic E-state index is 0.629. The first-order chi connectivity index (χ1) is 12.5. The van der Waals surface area contributed by atoms with Crippen LogP contribution in [-0.2, 0) is 13.2 Å². The highest BCUT2D eigenvalue weighted by Crippen LogP contribution is 2.16. The standard InChI is InChI=1S/C21H26N4S/c1-16-6-4-5-7-19(16)14-23-8-10-24(11-9-23)15-25-18(3)12-17(2)20(13-22)21(25)26/h4-7,12H,8-11,14-15H2,1-3H3. The van der Waals surface area contributed by atoms with Gasteiger partial charge in [-0.15, -0.1) is 0 Å². The van der Waals surface area contributed by atoms with Crippen molar-refractivity contribution in [1.82, 2.24) is 14.4 Å². The summed E-state index contributed by atoms with van der Waals surface area (Å²) in [6.07, 6.45) is 0. The Morgan fingerprint density at radius 3 is 2.31 bits per heavy atom. The predicted octanol–water partition coefficient (Wildman–Crippen LogP) is 3.79. The molecule has 1 fully saturated rings. The Hall–Kier alpha value is -2.00. The van der Waals surface area contributed by atoms with Crippen LogP contribution in [0.2, 0.25) is 0 Å². The quantitative estimate of drug-likeness (QED) is 0.771. The van der Waals surface area contributed by atoms with Gasteiger partial charge in [0.1, 0.15) is 10.7 Å². The number of aryl methyl sites for hydroxylation is 3. The van der Waals surface area contributed by atoms with Gasteiger partial charge in [-0.05, 0) is 43.5 Å². The fourth-order valence-electron chi connectivity index (χ4n) is 3.56. The molecule has 0 N–H and O–H groups in total. The number of nitrogens with zero attached hydrogens (tertiary/aromatic N) is 4. The summed E-state index contributed by atoms with van der Waals surface area (Å²) in [5, 5.41) is 9.37. The topological polar surface area (TPSA) is 35.2 Å². The largest absolute Gasteiger partial charge is 0.322 e. The molecule has 3 rings (SSSR count). The van der Waals surface area contributed by atoms with Crippen molar-refractivity contribution in [2.75, 3.05) is 26.2 Å². The molecule has 4 nitrogen and oxygen atoms in total. The highest BCUT2D eigenvalue weighted by Gasteiger charge is 2.18. The summed E-state index contributed by atoms with van der Waals surface area (Å²) in [5.74, 6) is 0. The van der Waals surface area contributed by atoms with Gasteiger partial charge in [-0.3, -0.25) is 9.80 Å². The van der Waals surface area contributed by atoms with Gasteiger partial charge in [0.15, 0.2) is 0 Å². The first-order valence-electron chi connectivity index (χ1n) is 9.10. The number of hydrogen-bond acceptors (Lipinski definition) is 4. The smallest absolute Gasteiger partial charge is 0.125 e. The molecule has 0 radical (unpaired) electrons. The monoisotopic (exact) mass is 366 g/mol. The normalized spacial score (nSPS) is 15.8. The molecule has 5 heteroatoms. The van der Waals surface area contributed by atoms with Crippen molar-refractivity contribution in [1.29, 1.82) is 5.26 Å². The van der Waals surface area contributed by atoms with Gasteiger partial charge in [0.05, 0.1) is 12.2 Å². The molecule has 0 aliphatic carbocycles. The second-order valence-electron chi connectivity index (χ2n) is 7.15. The molecule has 0 bridgehead atoms. The van der Waals surface area contributed by atoms with Crippen LogP contribution < -0.4 is 0 Å². The van der Waals surface area contributed by atoms with Crippen molar-refractivity contribution in [2.24, 2.45) is 0 Å². The Bertz CT molecular complexity index is 886. The number of pyridine rings is 1. The minimum Gasteiger partial charge on any atom is -0.322 e. The average Bonchev–Trinajstić information content (AvgIpc) is 2.62. The lowest BCUT2D eigenvalue weighted by Gasteiger charge is -2.35. The van der Waals surface area contributed by atoms with Crippen LogP contribution in [0.15, 0.2) is 30.3 Å². The van der Waals surface area contributed by atoms with E-state index in [9.17, 15) is 5.26 Å². The molecule has 136 valence electrons. The Kier molecular flexibility index (Phi) is 5.87. The molecule has 1 aromatic heterocycles. The average molecular weight is 367 g/mol. The summed E-state index contributed by atoms with van der Waals surface area (Å²) < 4.78 is 2.75. The maximum Gasteiger partial charge on any atom is 0.125 e. The van der Waals surface area contributed by atoms with Gasteiger partial charge in [-0.2, -0.15) is 5.26 Å². The van der Waals surface area contributed by atoms with E-state index in [1.54, 1.807) is 0 Å². The van der Waals surface area contributed by atoms with Crippen molar-refractivity contribution in [2.45, 2.75) is 34.0 Å². The van der Waals surface area contributed by atoms with Gasteiger partial charge in [-0.25, -0.2) is 0 Å². The molecule has 2 heterocycles. The third-order valence-corrected chi connectivity index (χ3v) is 5.70. The molecule has 26 heavy (non-hydrogen) atoms. The van der Waals surface area contributed by atoms with Gasteiger partial charge in [-0.1, -0.05) is 36.5 Å². The molecule has 0 unspecified atom stereocenters. The summed E-state index contributed by atoms with van der Waals surface area (Å²) in [6.45, 7) is 12.1. The zero-order valence-electron chi connectivity index (χ0n) is 15.8. The maximum absolute atomic E-state index is 9.37. The molecule has 1 aliphatic rings. The van der Waals surface area contributed by atoms with E-state index in [2.05, 4.69) is 64.6 Å². The molecule has 0 saturated carbocycles. The first kappa shape index (κ1) is 18.8. The Balaban J connectivity index is 1.64. The van der Waals surface area contributed by atoms with Crippen molar-refractivity contribution >= 4 is 12.2 Å². The molecule has 0 spiro atoms. The summed E-state index contributed by atoms with van der Waals surface area (Å²) in [7, 11) is 0. The van der Waals surface area contributed by atoms with Crippen LogP contribution in [0.1, 0.15) is 27.9 Å². The number of benzene rings is 1. The highest BCUT2D eigenvalue weighted by atomic mass is 32.1. The van der Waals surface area contributed by atoms with Crippen LogP contribution >= 0.6 is 12.2 Å². The van der Waals surface area contributed by atoms with E-state index in [1.807, 2.05) is 6.92 Å². The second-order valence-corrected chi connectivity index (χ2v) is 7.54. The molecule has 0 atom stereocenters. The number of nitriles is 1. The Morgan fingerprint density at radius 1 is 1.00 bits per heavy atom. The van der Waals surface area contributed by atoms with Gasteiger partial charge < -0.3 is 4.57 Å². The van der Waals surface area contributed by atoms with Crippen molar-refractivity contribution in [3.8, 4) is 6.07 Å². The molecule has 1 saturated heterocycles. The molecular formula is C21H26N4S. The van der Waals surface area contributed by atoms with E-state index in [0.29, 0.717) is 10.2 Å². The van der Waals surface area contributed by atoms with Gasteiger partial charge in [0, 0.05) is 38.4 Å². The molecule has 1 aliphatic heterocycles. The van der Waals surface area contributed by atoms with Crippen LogP contribution in [0, 0.1) is 36.7 Å². The van der Waals surface area contributed by atoms with Gasteiger partial charge >= 0.3 is 0 Å². The maximum atomic E-state index is 9.37. The van der Waals surface area contributed by atoms with Crippen LogP contribution in [0.5, 0.6) is 0 Å². The van der Waals surface area contributed by atoms with E-state index in [0.717, 1.165) is 50.6 Å². The number of rotatable bonds is 4. The lowest BCUT2D eigenvalue weighted by atomic mass is 10.1. The SMILES string of the molecule is Cc1ccccc1CN1CCN(Cn2c(C)cc(C)c(C#N)c2=S)CC1. The van der Waals surface area contributed by atoms with E-state index in [-0.39, 0.29) is 0 Å². The Labute approximate surface area is 161 Å². The lowest BCUT2D eigenvalue weighted by Crippen LogP contribution is -2.46. The lowest BCUT2D eigenvalue weighted by molar-refractivity contribution is 0.102. The molecule has 1 aromatic carbocycles. The van der Waals surface area contributed by atoms with Crippen LogP contribution in [0.25, 0.3) is 0 Å². The van der Waals surface area contributed by atoms with Crippen molar-refractivity contribution in [3.05, 3.63) is 62.9 Å². The van der Waals surface area contributed by atoms with Crippen molar-refractivity contribution in [3.63, 3.8) is 0 Å². The second kappa shape index (κ2) is 8.13. The fraction of sp³-hybridized carbons (Fsp3) is 0.429. The van der Waals surface area contributed by atoms with E-state index in [1.165, 1.54) is 11.1 Å². The molecule has 0 amide bonds. The van der Waals surface area contributed by atoms with E-state index in [4.69, 9.17) is 12.2 Å². The number of aromatic nitrogens is 1. The summed E-state index contributed by atoms with van der Waals surface area (Å²) in [6, 6.07) is 12.9. The van der Waals surface area contributed by atoms with Gasteiger partial charge in [0.25, 0.3) is 0 Å². The van der Waals surface area contributed by atoms with Crippen LogP contribution in [0.4, 0.5) is 0 Å². The van der Waals surface area contributed by atoms with Crippen LogP contribution in [-0.4, -0.2) is 40.5 Å². The zero-order chi connectivity index (χ0) is 18.7. The van der Waals surface area contributed by atoms with Crippen molar-refractivity contribution < 1.29 is 0 Å².